The van der Waals surface area contributed by atoms with E-state index in [4.69, 9.17) is 9.05 Å². The summed E-state index contributed by atoms with van der Waals surface area (Å²) in [5.41, 5.74) is 0. The Morgan fingerprint density at radius 1 is 0.189 bits per heavy atom. The summed E-state index contributed by atoms with van der Waals surface area (Å²) in [4.78, 5) is 0. The molecule has 1 rings (SSSR count). The van der Waals surface area contributed by atoms with Crippen molar-refractivity contribution in [3.63, 3.8) is 0 Å². The van der Waals surface area contributed by atoms with Gasteiger partial charge in [-0.05, 0) is 0 Å². The van der Waals surface area contributed by atoms with Crippen molar-refractivity contribution < 1.29 is 9.05 Å². The van der Waals surface area contributed by atoms with Crippen LogP contribution in [0.1, 0.15) is 364 Å². The van der Waals surface area contributed by atoms with Crippen LogP contribution in [0.15, 0.2) is 24.3 Å². The van der Waals surface area contributed by atoms with Gasteiger partial charge in [-0.1, -0.05) is 26.7 Å². The second kappa shape index (κ2) is 48.6. The first-order chi connectivity index (χ1) is 36.3. The Morgan fingerprint density at radius 3 is 0.459 bits per heavy atom. The van der Waals surface area contributed by atoms with Crippen LogP contribution in [0.25, 0.3) is 0 Å². The molecule has 0 fully saturated rings. The molecule has 0 spiro atoms. The molecule has 0 radical (unpaired) electrons. The Hall–Kier alpha value is -0.320. The number of hydrogen-bond acceptors (Lipinski definition) is 2. The van der Waals surface area contributed by atoms with Crippen molar-refractivity contribution in [1.82, 2.24) is 0 Å². The normalized spacial score (nSPS) is 13.2. The Kier molecular flexibility index (Phi) is 47.1. The Bertz CT molecular complexity index is 1140. The van der Waals surface area contributed by atoms with Crippen LogP contribution in [0, 0.1) is 0 Å². The van der Waals surface area contributed by atoms with Crippen LogP contribution >= 0.6 is 13.7 Å². The first-order valence-corrected chi connectivity index (χ1v) is 40.6. The molecule has 0 N–H and O–H groups in total. The molecular formula is C70H140O2P2. The fourth-order valence-corrected chi connectivity index (χ4v) is 26.2. The third-order valence-corrected chi connectivity index (χ3v) is 31.2. The molecule has 0 atom stereocenters. The van der Waals surface area contributed by atoms with E-state index >= 15 is 0 Å². The van der Waals surface area contributed by atoms with Crippen molar-refractivity contribution in [2.75, 3.05) is 49.3 Å². The van der Waals surface area contributed by atoms with Crippen molar-refractivity contribution in [3.05, 3.63) is 24.3 Å². The zero-order valence-corrected chi connectivity index (χ0v) is 54.4. The van der Waals surface area contributed by atoms with Crippen molar-refractivity contribution in [3.8, 4) is 11.5 Å². The third kappa shape index (κ3) is 34.6. The van der Waals surface area contributed by atoms with Gasteiger partial charge in [0.2, 0.25) is 0 Å². The van der Waals surface area contributed by atoms with Crippen LogP contribution in [0.5, 0.6) is 11.5 Å². The van der Waals surface area contributed by atoms with E-state index in [1.807, 2.05) is 0 Å². The summed E-state index contributed by atoms with van der Waals surface area (Å²) in [7, 11) is 0. The predicted molar refractivity (Wildman–Crippen MR) is 347 cm³/mol. The molecule has 0 aliphatic rings. The fraction of sp³-hybridized carbons (Fsp3) is 0.914. The van der Waals surface area contributed by atoms with Gasteiger partial charge in [0, 0.05) is 0 Å². The Morgan fingerprint density at radius 2 is 0.311 bits per heavy atom. The maximum atomic E-state index is 8.15. The van der Waals surface area contributed by atoms with Crippen LogP contribution in [0.4, 0.5) is 0 Å². The molecule has 442 valence electrons. The Balaban J connectivity index is 3.67. The fourth-order valence-electron chi connectivity index (χ4n) is 13.2. The van der Waals surface area contributed by atoms with E-state index in [1.165, 1.54) is 369 Å². The van der Waals surface area contributed by atoms with Gasteiger partial charge >= 0.3 is 445 Å². The summed E-state index contributed by atoms with van der Waals surface area (Å²) in [5.74, 6) is 2.37. The molecule has 0 saturated heterocycles. The summed E-state index contributed by atoms with van der Waals surface area (Å²) >= 11 is 0. The van der Waals surface area contributed by atoms with Gasteiger partial charge in [0.15, 0.2) is 0 Å². The van der Waals surface area contributed by atoms with Gasteiger partial charge < -0.3 is 0 Å². The molecule has 0 bridgehead atoms. The molecule has 2 nitrogen and oxygen atoms in total. The van der Waals surface area contributed by atoms with Crippen LogP contribution in [-0.4, -0.2) is 49.3 Å². The van der Waals surface area contributed by atoms with E-state index in [2.05, 4.69) is 79.7 Å². The molecule has 0 unspecified atom stereocenters. The van der Waals surface area contributed by atoms with Crippen LogP contribution < -0.4 is 9.05 Å². The molecule has 0 amide bonds. The number of unbranched alkanes of at least 4 members (excludes halogenated alkanes) is 40. The minimum atomic E-state index is -2.59. The molecular weight excluding hydrogens is 935 g/mol. The third-order valence-electron chi connectivity index (χ3n) is 18.2. The van der Waals surface area contributed by atoms with Gasteiger partial charge in [-0.3, -0.25) is 0 Å². The molecule has 1 aromatic carbocycles. The van der Waals surface area contributed by atoms with E-state index in [0.29, 0.717) is 0 Å². The topological polar surface area (TPSA) is 18.5 Å². The van der Waals surface area contributed by atoms with Gasteiger partial charge in [0.1, 0.15) is 0 Å². The minimum absolute atomic E-state index is 1.19. The van der Waals surface area contributed by atoms with Crippen molar-refractivity contribution in [1.29, 1.82) is 0 Å². The second-order valence-electron chi connectivity index (χ2n) is 25.3. The Labute approximate surface area is 469 Å². The van der Waals surface area contributed by atoms with Crippen LogP contribution in [-0.2, 0) is 0 Å². The zero-order valence-electron chi connectivity index (χ0n) is 52.6. The van der Waals surface area contributed by atoms with Crippen LogP contribution in [0.3, 0.4) is 0 Å². The van der Waals surface area contributed by atoms with Crippen molar-refractivity contribution in [2.24, 2.45) is 0 Å². The molecule has 74 heavy (non-hydrogen) atoms. The van der Waals surface area contributed by atoms with Gasteiger partial charge in [0.25, 0.3) is 0 Å². The summed E-state index contributed by atoms with van der Waals surface area (Å²) in [6.45, 7) is 13.8. The van der Waals surface area contributed by atoms with Gasteiger partial charge in [0.05, 0.1) is 0 Å². The number of rotatable bonds is 60. The monoisotopic (exact) mass is 1080 g/mol. The average Bonchev–Trinajstić information content (AvgIpc) is 3.41. The van der Waals surface area contributed by atoms with E-state index in [9.17, 15) is 0 Å². The predicted octanol–water partition coefficient (Wildman–Crippen LogP) is 26.3. The van der Waals surface area contributed by atoms with E-state index in [1.54, 1.807) is 0 Å². The second-order valence-corrected chi connectivity index (χ2v) is 36.7. The first-order valence-electron chi connectivity index (χ1n) is 34.8. The molecule has 0 saturated carbocycles. The van der Waals surface area contributed by atoms with Gasteiger partial charge in [-0.15, -0.1) is 0 Å². The van der Waals surface area contributed by atoms with Crippen molar-refractivity contribution >= 4 is 13.7 Å². The zero-order chi connectivity index (χ0) is 53.9. The van der Waals surface area contributed by atoms with E-state index in [0.717, 1.165) is 0 Å². The standard InChI is InChI=1S/C70H140O2P2/c1-9-17-25-33-35-37-39-41-43-45-47-55-67-73(61-49-27-19-11-3,62-50-28-20-12-4,63-51-29-21-13-5)71-69-57-59-70(60-58-69)72-74(64-52-30-22-14-6,65-53-31-23-15-7,66-54-32-24-16-8)68-56-48-46-44-42-40-38-36-34-26-18-10-2/h57-60H,9-56,61-68H2,1-8H3. The van der Waals surface area contributed by atoms with Gasteiger partial charge in [-0.2, -0.15) is 0 Å². The molecule has 1 aromatic rings. The molecule has 0 aromatic heterocycles. The molecule has 4 heteroatoms. The summed E-state index contributed by atoms with van der Waals surface area (Å²) < 4.78 is 16.3. The maximum absolute atomic E-state index is 8.15. The first kappa shape index (κ1) is 71.7. The quantitative estimate of drug-likeness (QED) is 0.0478. The average molecular weight is 1080 g/mol. The molecule has 0 aliphatic carbocycles. The summed E-state index contributed by atoms with van der Waals surface area (Å²) in [6.07, 6.45) is 77.3. The molecule has 0 aliphatic heterocycles. The van der Waals surface area contributed by atoms with Gasteiger partial charge in [-0.25, -0.2) is 0 Å². The summed E-state index contributed by atoms with van der Waals surface area (Å²) in [5, 5.41) is 0. The number of benzene rings is 1. The van der Waals surface area contributed by atoms with E-state index < -0.39 is 13.7 Å². The number of hydrogen-bond donors (Lipinski definition) is 0. The van der Waals surface area contributed by atoms with E-state index in [-0.39, 0.29) is 0 Å². The molecule has 0 heterocycles. The van der Waals surface area contributed by atoms with Crippen LogP contribution in [0.2, 0.25) is 0 Å². The van der Waals surface area contributed by atoms with Crippen molar-refractivity contribution in [2.45, 2.75) is 364 Å². The SMILES string of the molecule is CCCCCCCCCCCCCCP(CCCCCC)(CCCCCC)(CCCCCC)Oc1ccc(OP(CCCCCC)(CCCCCC)(CCCCCC)CCCCCCCCCCCCCC)cc1. The summed E-state index contributed by atoms with van der Waals surface area (Å²) in [6, 6.07) is 9.79.